The molecule has 0 radical (unpaired) electrons. The minimum atomic E-state index is -0.975. The van der Waals surface area contributed by atoms with E-state index in [9.17, 15) is 4.39 Å². The summed E-state index contributed by atoms with van der Waals surface area (Å²) in [5, 5.41) is 0. The van der Waals surface area contributed by atoms with Gasteiger partial charge in [-0.25, -0.2) is 4.39 Å². The summed E-state index contributed by atoms with van der Waals surface area (Å²) in [4.78, 5) is 1.56. The van der Waals surface area contributed by atoms with Crippen LogP contribution in [-0.4, -0.2) is 23.4 Å². The Balaban J connectivity index is 2.62. The van der Waals surface area contributed by atoms with E-state index in [4.69, 9.17) is 0 Å². The summed E-state index contributed by atoms with van der Waals surface area (Å²) in [6, 6.07) is 0. The first kappa shape index (κ1) is 7.85. The number of rotatable bonds is 1. The number of amidine groups is 1. The predicted octanol–water partition coefficient (Wildman–Crippen LogP) is 1.89. The van der Waals surface area contributed by atoms with Crippen LogP contribution >= 0.6 is 11.9 Å². The second kappa shape index (κ2) is 2.78. The molecule has 1 unspecified atom stereocenters. The molecule has 1 rings (SSSR count). The van der Waals surface area contributed by atoms with Crippen LogP contribution in [0.1, 0.15) is 13.8 Å². The van der Waals surface area contributed by atoms with Crippen LogP contribution < -0.4 is 0 Å². The lowest BCUT2D eigenvalue weighted by Crippen LogP contribution is -2.30. The first-order chi connectivity index (χ1) is 4.63. The van der Waals surface area contributed by atoms with Gasteiger partial charge in [0, 0.05) is 24.9 Å². The number of hydrogen-bond donors (Lipinski definition) is 0. The summed E-state index contributed by atoms with van der Waals surface area (Å²) in [6.07, 6.45) is 0. The summed E-state index contributed by atoms with van der Waals surface area (Å²) in [5.74, 6) is 1.16. The van der Waals surface area contributed by atoms with Gasteiger partial charge < -0.3 is 4.90 Å². The average molecular weight is 162 g/mol. The van der Waals surface area contributed by atoms with Crippen LogP contribution in [0.4, 0.5) is 4.39 Å². The van der Waals surface area contributed by atoms with Crippen molar-refractivity contribution in [1.29, 1.82) is 0 Å². The van der Waals surface area contributed by atoms with Gasteiger partial charge in [0.2, 0.25) is 5.63 Å². The highest BCUT2D eigenvalue weighted by molar-refractivity contribution is 7.98. The van der Waals surface area contributed by atoms with Crippen LogP contribution in [0.15, 0.2) is 4.40 Å². The van der Waals surface area contributed by atoms with Crippen molar-refractivity contribution in [2.24, 2.45) is 10.3 Å². The standard InChI is InChI=1S/C6H11FN2S/c1-4(2)5-8-10-6(7)9(5)3/h4,6H,1-3H3. The molecule has 0 spiro atoms. The maximum Gasteiger partial charge on any atom is 0.241 e. The molecule has 0 aliphatic carbocycles. The Labute approximate surface area is 64.6 Å². The zero-order valence-corrected chi connectivity index (χ0v) is 7.15. The molecule has 0 saturated heterocycles. The topological polar surface area (TPSA) is 15.6 Å². The van der Waals surface area contributed by atoms with Gasteiger partial charge in [-0.05, 0) is 0 Å². The lowest BCUT2D eigenvalue weighted by Gasteiger charge is -2.17. The minimum absolute atomic E-state index is 0.318. The number of hydrogen-bond acceptors (Lipinski definition) is 3. The third-order valence-electron chi connectivity index (χ3n) is 1.42. The Morgan fingerprint density at radius 2 is 2.30 bits per heavy atom. The van der Waals surface area contributed by atoms with Crippen LogP contribution in [0.3, 0.4) is 0 Å². The fraction of sp³-hybridized carbons (Fsp3) is 0.833. The lowest BCUT2D eigenvalue weighted by molar-refractivity contribution is 0.279. The maximum absolute atomic E-state index is 12.7. The molecule has 1 aliphatic heterocycles. The van der Waals surface area contributed by atoms with Crippen LogP contribution in [0.25, 0.3) is 0 Å². The van der Waals surface area contributed by atoms with Crippen molar-refractivity contribution in [2.45, 2.75) is 19.5 Å². The number of halogens is 1. The van der Waals surface area contributed by atoms with Gasteiger partial charge in [-0.1, -0.05) is 13.8 Å². The molecule has 0 amide bonds. The van der Waals surface area contributed by atoms with Crippen LogP contribution in [-0.2, 0) is 0 Å². The second-order valence-electron chi connectivity index (χ2n) is 2.61. The summed E-state index contributed by atoms with van der Waals surface area (Å²) >= 11 is 0.989. The van der Waals surface area contributed by atoms with E-state index in [-0.39, 0.29) is 0 Å². The molecule has 4 heteroatoms. The second-order valence-corrected chi connectivity index (χ2v) is 3.39. The van der Waals surface area contributed by atoms with E-state index in [2.05, 4.69) is 4.40 Å². The fourth-order valence-corrected chi connectivity index (χ4v) is 1.63. The SMILES string of the molecule is CC(C)C1=NSC(F)N1C. The molecule has 0 aromatic rings. The molecule has 1 aliphatic rings. The molecule has 0 aromatic carbocycles. The molecule has 1 atom stereocenters. The Bertz CT molecular complexity index is 158. The zero-order chi connectivity index (χ0) is 7.72. The number of alkyl halides is 1. The van der Waals surface area contributed by atoms with E-state index in [1.807, 2.05) is 13.8 Å². The van der Waals surface area contributed by atoms with Gasteiger partial charge >= 0.3 is 0 Å². The summed E-state index contributed by atoms with van der Waals surface area (Å²) in [5.41, 5.74) is -0.975. The first-order valence-corrected chi connectivity index (χ1v) is 4.07. The highest BCUT2D eigenvalue weighted by Crippen LogP contribution is 2.27. The summed E-state index contributed by atoms with van der Waals surface area (Å²) in [7, 11) is 1.73. The Morgan fingerprint density at radius 3 is 2.50 bits per heavy atom. The molecule has 0 N–H and O–H groups in total. The normalized spacial score (nSPS) is 25.9. The van der Waals surface area contributed by atoms with Crippen molar-refractivity contribution in [3.8, 4) is 0 Å². The Morgan fingerprint density at radius 1 is 1.70 bits per heavy atom. The average Bonchev–Trinajstić information content (AvgIpc) is 2.14. The minimum Gasteiger partial charge on any atom is -0.323 e. The Kier molecular flexibility index (Phi) is 2.18. The number of nitrogens with zero attached hydrogens (tertiary/aromatic N) is 2. The van der Waals surface area contributed by atoms with E-state index in [0.717, 1.165) is 17.8 Å². The predicted molar refractivity (Wildman–Crippen MR) is 42.5 cm³/mol. The highest BCUT2D eigenvalue weighted by atomic mass is 32.2. The quantitative estimate of drug-likeness (QED) is 0.432. The Hall–Kier alpha value is -0.250. The maximum atomic E-state index is 12.7. The fourth-order valence-electron chi connectivity index (χ4n) is 0.849. The molecule has 1 heterocycles. The first-order valence-electron chi connectivity index (χ1n) is 3.23. The molecular weight excluding hydrogens is 151 g/mol. The van der Waals surface area contributed by atoms with Crippen molar-refractivity contribution in [1.82, 2.24) is 4.90 Å². The van der Waals surface area contributed by atoms with Crippen molar-refractivity contribution in [3.63, 3.8) is 0 Å². The van der Waals surface area contributed by atoms with Crippen molar-refractivity contribution in [2.75, 3.05) is 7.05 Å². The lowest BCUT2D eigenvalue weighted by atomic mass is 10.2. The monoisotopic (exact) mass is 162 g/mol. The molecule has 0 aromatic heterocycles. The largest absolute Gasteiger partial charge is 0.323 e. The van der Waals surface area contributed by atoms with Crippen molar-refractivity contribution in [3.05, 3.63) is 0 Å². The van der Waals surface area contributed by atoms with Gasteiger partial charge in [-0.15, -0.1) is 0 Å². The van der Waals surface area contributed by atoms with Crippen LogP contribution in [0.5, 0.6) is 0 Å². The van der Waals surface area contributed by atoms with Crippen LogP contribution in [0.2, 0.25) is 0 Å². The van der Waals surface area contributed by atoms with Gasteiger partial charge in [0.25, 0.3) is 0 Å². The van der Waals surface area contributed by atoms with Gasteiger partial charge in [-0.2, -0.15) is 4.40 Å². The molecule has 10 heavy (non-hydrogen) atoms. The highest BCUT2D eigenvalue weighted by Gasteiger charge is 2.26. The molecule has 0 saturated carbocycles. The molecule has 58 valence electrons. The summed E-state index contributed by atoms with van der Waals surface area (Å²) in [6.45, 7) is 4.02. The zero-order valence-electron chi connectivity index (χ0n) is 6.34. The van der Waals surface area contributed by atoms with Gasteiger partial charge in [0.05, 0.1) is 0 Å². The van der Waals surface area contributed by atoms with Crippen LogP contribution in [0, 0.1) is 5.92 Å². The van der Waals surface area contributed by atoms with Gasteiger partial charge in [0.1, 0.15) is 5.84 Å². The van der Waals surface area contributed by atoms with E-state index in [0.29, 0.717) is 5.92 Å². The van der Waals surface area contributed by atoms with E-state index >= 15 is 0 Å². The van der Waals surface area contributed by atoms with Crippen molar-refractivity contribution >= 4 is 17.8 Å². The molecule has 0 fully saturated rings. The van der Waals surface area contributed by atoms with Crippen molar-refractivity contribution < 1.29 is 4.39 Å². The third kappa shape index (κ3) is 1.26. The van der Waals surface area contributed by atoms with Gasteiger partial charge in [0.15, 0.2) is 0 Å². The van der Waals surface area contributed by atoms with Gasteiger partial charge in [-0.3, -0.25) is 0 Å². The molecular formula is C6H11FN2S. The smallest absolute Gasteiger partial charge is 0.241 e. The third-order valence-corrected chi connectivity index (χ3v) is 2.20. The molecule has 2 nitrogen and oxygen atoms in total. The van der Waals surface area contributed by atoms with E-state index in [1.165, 1.54) is 0 Å². The molecule has 0 bridgehead atoms. The van der Waals surface area contributed by atoms with E-state index < -0.39 is 5.63 Å². The van der Waals surface area contributed by atoms with E-state index in [1.54, 1.807) is 11.9 Å². The summed E-state index contributed by atoms with van der Waals surface area (Å²) < 4.78 is 16.7.